The van der Waals surface area contributed by atoms with Gasteiger partial charge in [-0.2, -0.15) is 0 Å². The molecule has 0 fully saturated rings. The van der Waals surface area contributed by atoms with E-state index in [0.29, 0.717) is 0 Å². The van der Waals surface area contributed by atoms with Crippen molar-refractivity contribution in [3.8, 4) is 5.75 Å². The molecule has 1 aromatic heterocycles. The highest BCUT2D eigenvalue weighted by molar-refractivity contribution is 9.09. The van der Waals surface area contributed by atoms with Gasteiger partial charge in [-0.3, -0.25) is 0 Å². The summed E-state index contributed by atoms with van der Waals surface area (Å²) in [5.74, 6) is 0.935. The van der Waals surface area contributed by atoms with Crippen LogP contribution in [0.5, 0.6) is 5.75 Å². The van der Waals surface area contributed by atoms with Gasteiger partial charge >= 0.3 is 0 Å². The first-order valence-corrected chi connectivity index (χ1v) is 8.19. The molecule has 0 bridgehead atoms. The predicted octanol–water partition coefficient (Wildman–Crippen LogP) is 5.70. The van der Waals surface area contributed by atoms with Gasteiger partial charge in [0, 0.05) is 9.58 Å². The number of hydrogen-bond acceptors (Lipinski definition) is 2. The number of ether oxygens (including phenoxy) is 1. The van der Waals surface area contributed by atoms with Crippen LogP contribution >= 0.6 is 27.3 Å². The lowest BCUT2D eigenvalue weighted by Crippen LogP contribution is -1.93. The molecule has 102 valence electrons. The second-order valence-corrected chi connectivity index (χ2v) is 6.81. The Balaban J connectivity index is 1.99. The van der Waals surface area contributed by atoms with Crippen molar-refractivity contribution in [1.29, 1.82) is 0 Å². The van der Waals surface area contributed by atoms with Crippen molar-refractivity contribution < 1.29 is 4.74 Å². The molecular weight excluding hydrogens is 332 g/mol. The minimum atomic E-state index is 0.226. The van der Waals surface area contributed by atoms with Gasteiger partial charge in [0.1, 0.15) is 5.75 Å². The van der Waals surface area contributed by atoms with Crippen LogP contribution in [0.2, 0.25) is 0 Å². The van der Waals surface area contributed by atoms with Crippen LogP contribution in [0, 0.1) is 6.92 Å². The van der Waals surface area contributed by atoms with Crippen molar-refractivity contribution in [2.24, 2.45) is 0 Å². The molecule has 2 aromatic carbocycles. The molecule has 3 aromatic rings. The van der Waals surface area contributed by atoms with Crippen LogP contribution in [-0.4, -0.2) is 7.11 Å². The van der Waals surface area contributed by atoms with Gasteiger partial charge in [-0.05, 0) is 41.6 Å². The highest BCUT2D eigenvalue weighted by Crippen LogP contribution is 2.39. The molecule has 0 aliphatic carbocycles. The molecule has 0 aliphatic heterocycles. The maximum atomic E-state index is 5.32. The molecule has 0 saturated heterocycles. The monoisotopic (exact) mass is 346 g/mol. The van der Waals surface area contributed by atoms with Crippen LogP contribution < -0.4 is 4.74 Å². The third kappa shape index (κ3) is 2.48. The standard InChI is InChI=1S/C17H15BrOS/c1-11-9-13(7-8-14(11)19-2)17(18)16-10-12-5-3-4-6-15(12)20-16/h3-10,17H,1-2H3. The number of rotatable bonds is 3. The van der Waals surface area contributed by atoms with Crippen molar-refractivity contribution in [3.63, 3.8) is 0 Å². The molecule has 1 unspecified atom stereocenters. The van der Waals surface area contributed by atoms with Gasteiger partial charge in [0.15, 0.2) is 0 Å². The zero-order valence-electron chi connectivity index (χ0n) is 11.4. The lowest BCUT2D eigenvalue weighted by molar-refractivity contribution is 0.411. The molecule has 0 spiro atoms. The third-order valence-electron chi connectivity index (χ3n) is 3.41. The summed E-state index contributed by atoms with van der Waals surface area (Å²) in [7, 11) is 1.71. The Labute approximate surface area is 131 Å². The molecular formula is C17H15BrOS. The lowest BCUT2D eigenvalue weighted by Gasteiger charge is -2.11. The highest BCUT2D eigenvalue weighted by atomic mass is 79.9. The summed E-state index contributed by atoms with van der Waals surface area (Å²) in [5.41, 5.74) is 2.42. The zero-order chi connectivity index (χ0) is 14.1. The Kier molecular flexibility index (Phi) is 3.81. The van der Waals surface area contributed by atoms with Gasteiger partial charge in [0.05, 0.1) is 11.9 Å². The molecule has 20 heavy (non-hydrogen) atoms. The number of halogens is 1. The molecule has 0 amide bonds. The van der Waals surface area contributed by atoms with E-state index in [2.05, 4.69) is 65.3 Å². The van der Waals surface area contributed by atoms with Crippen LogP contribution in [-0.2, 0) is 0 Å². The topological polar surface area (TPSA) is 9.23 Å². The number of hydrogen-bond donors (Lipinski definition) is 0. The van der Waals surface area contributed by atoms with E-state index in [-0.39, 0.29) is 4.83 Å². The first kappa shape index (κ1) is 13.7. The average Bonchev–Trinajstić information content (AvgIpc) is 2.90. The summed E-state index contributed by atoms with van der Waals surface area (Å²) in [5, 5.41) is 1.31. The summed E-state index contributed by atoms with van der Waals surface area (Å²) < 4.78 is 6.65. The fraction of sp³-hybridized carbons (Fsp3) is 0.176. The van der Waals surface area contributed by atoms with Gasteiger partial charge in [-0.25, -0.2) is 0 Å². The fourth-order valence-electron chi connectivity index (χ4n) is 2.35. The normalized spacial score (nSPS) is 12.6. The molecule has 0 N–H and O–H groups in total. The maximum absolute atomic E-state index is 5.32. The van der Waals surface area contributed by atoms with Crippen LogP contribution in [0.3, 0.4) is 0 Å². The van der Waals surface area contributed by atoms with E-state index < -0.39 is 0 Å². The number of benzene rings is 2. The number of methoxy groups -OCH3 is 1. The Bertz CT molecular complexity index is 715. The predicted molar refractivity (Wildman–Crippen MR) is 90.3 cm³/mol. The van der Waals surface area contributed by atoms with Crippen molar-refractivity contribution in [3.05, 3.63) is 64.5 Å². The Morgan fingerprint density at radius 1 is 1.10 bits per heavy atom. The summed E-state index contributed by atoms with van der Waals surface area (Å²) in [6, 6.07) is 17.1. The van der Waals surface area contributed by atoms with E-state index in [9.17, 15) is 0 Å². The smallest absolute Gasteiger partial charge is 0.121 e. The first-order valence-electron chi connectivity index (χ1n) is 6.46. The molecule has 0 saturated carbocycles. The number of fused-ring (bicyclic) bond motifs is 1. The summed E-state index contributed by atoms with van der Waals surface area (Å²) in [6.45, 7) is 2.08. The number of thiophene rings is 1. The summed E-state index contributed by atoms with van der Waals surface area (Å²) in [4.78, 5) is 1.56. The van der Waals surface area contributed by atoms with Gasteiger partial charge in [-0.1, -0.05) is 46.3 Å². The van der Waals surface area contributed by atoms with Gasteiger partial charge < -0.3 is 4.74 Å². The fourth-order valence-corrected chi connectivity index (χ4v) is 4.12. The van der Waals surface area contributed by atoms with Crippen LogP contribution in [0.25, 0.3) is 10.1 Å². The van der Waals surface area contributed by atoms with E-state index in [4.69, 9.17) is 4.74 Å². The van der Waals surface area contributed by atoms with Crippen LogP contribution in [0.15, 0.2) is 48.5 Å². The first-order chi connectivity index (χ1) is 9.69. The summed E-state index contributed by atoms with van der Waals surface area (Å²) in [6.07, 6.45) is 0. The molecule has 0 aliphatic rings. The van der Waals surface area contributed by atoms with E-state index in [0.717, 1.165) is 11.3 Å². The van der Waals surface area contributed by atoms with Crippen molar-refractivity contribution in [1.82, 2.24) is 0 Å². The second-order valence-electron chi connectivity index (χ2n) is 4.78. The number of alkyl halides is 1. The maximum Gasteiger partial charge on any atom is 0.121 e. The molecule has 1 atom stereocenters. The van der Waals surface area contributed by atoms with Crippen molar-refractivity contribution in [2.45, 2.75) is 11.8 Å². The largest absolute Gasteiger partial charge is 0.496 e. The molecule has 1 nitrogen and oxygen atoms in total. The SMILES string of the molecule is COc1ccc(C(Br)c2cc3ccccc3s2)cc1C. The van der Waals surface area contributed by atoms with E-state index in [1.54, 1.807) is 7.11 Å². The van der Waals surface area contributed by atoms with Crippen LogP contribution in [0.1, 0.15) is 20.8 Å². The van der Waals surface area contributed by atoms with Crippen molar-refractivity contribution >= 4 is 37.4 Å². The average molecular weight is 347 g/mol. The highest BCUT2D eigenvalue weighted by Gasteiger charge is 2.14. The lowest BCUT2D eigenvalue weighted by atomic mass is 10.1. The van der Waals surface area contributed by atoms with Gasteiger partial charge in [-0.15, -0.1) is 11.3 Å². The van der Waals surface area contributed by atoms with Gasteiger partial charge in [0.2, 0.25) is 0 Å². The quantitative estimate of drug-likeness (QED) is 0.552. The number of aryl methyl sites for hydroxylation is 1. The van der Waals surface area contributed by atoms with E-state index in [1.807, 2.05) is 17.4 Å². The molecule has 3 heteroatoms. The third-order valence-corrected chi connectivity index (χ3v) is 5.91. The van der Waals surface area contributed by atoms with Crippen LogP contribution in [0.4, 0.5) is 0 Å². The second kappa shape index (κ2) is 5.58. The zero-order valence-corrected chi connectivity index (χ0v) is 13.8. The Morgan fingerprint density at radius 2 is 1.90 bits per heavy atom. The Hall–Kier alpha value is -1.32. The minimum absolute atomic E-state index is 0.226. The van der Waals surface area contributed by atoms with Crippen molar-refractivity contribution in [2.75, 3.05) is 7.11 Å². The summed E-state index contributed by atoms with van der Waals surface area (Å²) >= 11 is 5.66. The van der Waals surface area contributed by atoms with Gasteiger partial charge in [0.25, 0.3) is 0 Å². The molecule has 0 radical (unpaired) electrons. The minimum Gasteiger partial charge on any atom is -0.496 e. The van der Waals surface area contributed by atoms with E-state index in [1.165, 1.54) is 20.5 Å². The molecule has 1 heterocycles. The van der Waals surface area contributed by atoms with E-state index >= 15 is 0 Å². The Morgan fingerprint density at radius 3 is 2.60 bits per heavy atom. The molecule has 3 rings (SSSR count).